The topological polar surface area (TPSA) is 92.4 Å². The summed E-state index contributed by atoms with van der Waals surface area (Å²) in [6.07, 6.45) is 0. The highest BCUT2D eigenvalue weighted by molar-refractivity contribution is 6.09. The average Bonchev–Trinajstić information content (AvgIpc) is 2.68. The minimum absolute atomic E-state index is 0.201. The molecule has 0 amide bonds. The first-order valence-corrected chi connectivity index (χ1v) is 8.56. The number of carbonyl (C=O) groups is 1. The summed E-state index contributed by atoms with van der Waals surface area (Å²) in [5.74, 6) is 0.748. The Morgan fingerprint density at radius 1 is 1.04 bits per heavy atom. The predicted molar refractivity (Wildman–Crippen MR) is 106 cm³/mol. The quantitative estimate of drug-likeness (QED) is 0.638. The lowest BCUT2D eigenvalue weighted by atomic mass is 9.93. The average molecular weight is 383 g/mol. The highest BCUT2D eigenvalue weighted by Gasteiger charge is 2.23. The molecule has 8 heteroatoms. The maximum absolute atomic E-state index is 13.0. The molecule has 3 aromatic rings. The molecule has 8 nitrogen and oxygen atoms in total. The SMILES string of the molecule is COc1ccc(-c2c(C(C)=O)c(C)nc3c2c(=O)n(C)c(=O)n3C)cc1OC. The number of benzene rings is 1. The third-order valence-corrected chi connectivity index (χ3v) is 4.79. The van der Waals surface area contributed by atoms with Gasteiger partial charge in [-0.05, 0) is 31.5 Å². The predicted octanol–water partition coefficient (Wildman–Crippen LogP) is 1.83. The van der Waals surface area contributed by atoms with Crippen molar-refractivity contribution in [2.24, 2.45) is 14.1 Å². The minimum atomic E-state index is -0.516. The molecule has 1 aromatic carbocycles. The van der Waals surface area contributed by atoms with Crippen LogP contribution in [-0.4, -0.2) is 34.1 Å². The third-order valence-electron chi connectivity index (χ3n) is 4.79. The smallest absolute Gasteiger partial charge is 0.332 e. The number of rotatable bonds is 4. The molecule has 0 unspecified atom stereocenters. The maximum atomic E-state index is 13.0. The number of ketones is 1. The van der Waals surface area contributed by atoms with Gasteiger partial charge in [0, 0.05) is 25.2 Å². The normalized spacial score (nSPS) is 10.9. The molecule has 0 saturated heterocycles. The number of Topliss-reactive ketones (excluding diaryl/α,β-unsaturated/α-hetero) is 1. The van der Waals surface area contributed by atoms with E-state index < -0.39 is 11.2 Å². The summed E-state index contributed by atoms with van der Waals surface area (Å²) < 4.78 is 13.0. The van der Waals surface area contributed by atoms with E-state index >= 15 is 0 Å². The van der Waals surface area contributed by atoms with Crippen molar-refractivity contribution in [3.63, 3.8) is 0 Å². The van der Waals surface area contributed by atoms with Crippen molar-refractivity contribution in [1.29, 1.82) is 0 Å². The number of pyridine rings is 1. The number of nitrogens with zero attached hydrogens (tertiary/aromatic N) is 3. The molecule has 0 aliphatic rings. The summed E-state index contributed by atoms with van der Waals surface area (Å²) in [6, 6.07) is 5.14. The molecule has 0 N–H and O–H groups in total. The van der Waals surface area contributed by atoms with Crippen LogP contribution in [0.2, 0.25) is 0 Å². The van der Waals surface area contributed by atoms with Crippen LogP contribution in [-0.2, 0) is 14.1 Å². The number of aromatic nitrogens is 3. The maximum Gasteiger partial charge on any atom is 0.332 e. The van der Waals surface area contributed by atoms with Gasteiger partial charge in [0.05, 0.1) is 25.3 Å². The minimum Gasteiger partial charge on any atom is -0.493 e. The van der Waals surface area contributed by atoms with E-state index in [-0.39, 0.29) is 16.8 Å². The molecule has 0 radical (unpaired) electrons. The molecule has 2 aromatic heterocycles. The molecular weight excluding hydrogens is 362 g/mol. The van der Waals surface area contributed by atoms with Crippen LogP contribution in [0.4, 0.5) is 0 Å². The van der Waals surface area contributed by atoms with E-state index in [0.29, 0.717) is 33.9 Å². The number of hydrogen-bond acceptors (Lipinski definition) is 6. The Kier molecular flexibility index (Phi) is 4.80. The van der Waals surface area contributed by atoms with Crippen LogP contribution in [0.3, 0.4) is 0 Å². The Morgan fingerprint density at radius 2 is 1.68 bits per heavy atom. The first kappa shape index (κ1) is 19.3. The Morgan fingerprint density at radius 3 is 2.25 bits per heavy atom. The standard InChI is InChI=1S/C20H21N3O5/c1-10-15(11(2)24)16(12-7-8-13(27-5)14(9-12)28-6)17-18(21-10)22(3)20(26)23(4)19(17)25/h7-9H,1-6H3. The Hall–Kier alpha value is -3.42. The first-order valence-electron chi connectivity index (χ1n) is 8.56. The van der Waals surface area contributed by atoms with Gasteiger partial charge in [-0.2, -0.15) is 0 Å². The van der Waals surface area contributed by atoms with Gasteiger partial charge in [-0.1, -0.05) is 6.07 Å². The van der Waals surface area contributed by atoms with E-state index in [0.717, 1.165) is 4.57 Å². The van der Waals surface area contributed by atoms with Gasteiger partial charge in [0.25, 0.3) is 5.56 Å². The van der Waals surface area contributed by atoms with Crippen molar-refractivity contribution in [1.82, 2.24) is 14.1 Å². The van der Waals surface area contributed by atoms with Crippen LogP contribution < -0.4 is 20.7 Å². The summed E-state index contributed by atoms with van der Waals surface area (Å²) in [5, 5.41) is 0.201. The molecule has 0 aliphatic carbocycles. The van der Waals surface area contributed by atoms with Gasteiger partial charge in [-0.3, -0.25) is 18.7 Å². The summed E-state index contributed by atoms with van der Waals surface area (Å²) in [4.78, 5) is 42.2. The molecule has 0 aliphatic heterocycles. The van der Waals surface area contributed by atoms with Crippen molar-refractivity contribution < 1.29 is 14.3 Å². The van der Waals surface area contributed by atoms with Gasteiger partial charge in [0.1, 0.15) is 5.65 Å². The number of ether oxygens (including phenoxy) is 2. The van der Waals surface area contributed by atoms with Crippen molar-refractivity contribution in [3.05, 3.63) is 50.3 Å². The molecule has 3 rings (SSSR count). The van der Waals surface area contributed by atoms with Crippen LogP contribution in [0.15, 0.2) is 27.8 Å². The van der Waals surface area contributed by atoms with Crippen molar-refractivity contribution in [2.75, 3.05) is 14.2 Å². The van der Waals surface area contributed by atoms with E-state index in [9.17, 15) is 14.4 Å². The molecule has 28 heavy (non-hydrogen) atoms. The van der Waals surface area contributed by atoms with E-state index in [1.165, 1.54) is 32.8 Å². The number of aryl methyl sites for hydroxylation is 2. The highest BCUT2D eigenvalue weighted by Crippen LogP contribution is 2.36. The van der Waals surface area contributed by atoms with Crippen LogP contribution in [0.25, 0.3) is 22.2 Å². The highest BCUT2D eigenvalue weighted by atomic mass is 16.5. The molecular formula is C20H21N3O5. The molecule has 0 fully saturated rings. The Balaban J connectivity index is 2.61. The Bertz CT molecular complexity index is 1240. The van der Waals surface area contributed by atoms with Gasteiger partial charge in [0.15, 0.2) is 17.3 Å². The van der Waals surface area contributed by atoms with E-state index in [1.807, 2.05) is 0 Å². The second-order valence-corrected chi connectivity index (χ2v) is 6.48. The lowest BCUT2D eigenvalue weighted by Crippen LogP contribution is -2.38. The zero-order chi connectivity index (χ0) is 20.7. The van der Waals surface area contributed by atoms with Crippen LogP contribution in [0, 0.1) is 6.92 Å². The van der Waals surface area contributed by atoms with Crippen LogP contribution in [0.5, 0.6) is 11.5 Å². The van der Waals surface area contributed by atoms with Crippen molar-refractivity contribution >= 4 is 16.8 Å². The van der Waals surface area contributed by atoms with Crippen molar-refractivity contribution in [2.45, 2.75) is 13.8 Å². The summed E-state index contributed by atoms with van der Waals surface area (Å²) >= 11 is 0. The monoisotopic (exact) mass is 383 g/mol. The fraction of sp³-hybridized carbons (Fsp3) is 0.300. The van der Waals surface area contributed by atoms with Crippen LogP contribution in [0.1, 0.15) is 23.0 Å². The van der Waals surface area contributed by atoms with E-state index in [1.54, 1.807) is 32.2 Å². The molecule has 0 bridgehead atoms. The zero-order valence-electron chi connectivity index (χ0n) is 16.6. The molecule has 0 atom stereocenters. The van der Waals surface area contributed by atoms with E-state index in [2.05, 4.69) is 4.98 Å². The summed E-state index contributed by atoms with van der Waals surface area (Å²) in [5.41, 5.74) is 1.00. The summed E-state index contributed by atoms with van der Waals surface area (Å²) in [6.45, 7) is 3.11. The largest absolute Gasteiger partial charge is 0.493 e. The van der Waals surface area contributed by atoms with Gasteiger partial charge in [-0.25, -0.2) is 9.78 Å². The number of methoxy groups -OCH3 is 2. The molecule has 0 spiro atoms. The number of fused-ring (bicyclic) bond motifs is 1. The van der Waals surface area contributed by atoms with Crippen molar-refractivity contribution in [3.8, 4) is 22.6 Å². The lowest BCUT2D eigenvalue weighted by molar-refractivity contribution is 0.101. The van der Waals surface area contributed by atoms with Gasteiger partial charge in [-0.15, -0.1) is 0 Å². The van der Waals surface area contributed by atoms with Gasteiger partial charge in [0.2, 0.25) is 0 Å². The fourth-order valence-electron chi connectivity index (χ4n) is 3.42. The number of carbonyl (C=O) groups excluding carboxylic acids is 1. The first-order chi connectivity index (χ1) is 13.2. The molecule has 0 saturated carbocycles. The molecule has 146 valence electrons. The fourth-order valence-corrected chi connectivity index (χ4v) is 3.42. The van der Waals surface area contributed by atoms with E-state index in [4.69, 9.17) is 9.47 Å². The second-order valence-electron chi connectivity index (χ2n) is 6.48. The van der Waals surface area contributed by atoms with Crippen LogP contribution >= 0.6 is 0 Å². The number of hydrogen-bond donors (Lipinski definition) is 0. The Labute approximate surface area is 161 Å². The zero-order valence-corrected chi connectivity index (χ0v) is 16.6. The van der Waals surface area contributed by atoms with Gasteiger partial charge >= 0.3 is 5.69 Å². The third kappa shape index (κ3) is 2.77. The second kappa shape index (κ2) is 6.95. The summed E-state index contributed by atoms with van der Waals surface area (Å²) in [7, 11) is 5.97. The van der Waals surface area contributed by atoms with Gasteiger partial charge < -0.3 is 9.47 Å². The lowest BCUT2D eigenvalue weighted by Gasteiger charge is -2.17. The molecule has 2 heterocycles.